The Morgan fingerprint density at radius 3 is 2.88 bits per heavy atom. The molecule has 0 unspecified atom stereocenters. The average molecular weight is 111 g/mol. The van der Waals surface area contributed by atoms with E-state index in [1.54, 1.807) is 12.4 Å². The lowest BCUT2D eigenvalue weighted by Gasteiger charge is -1.95. The summed E-state index contributed by atoms with van der Waals surface area (Å²) in [5.41, 5.74) is 6.54. The van der Waals surface area contributed by atoms with Crippen molar-refractivity contribution in [1.29, 1.82) is 0 Å². The number of H-pyrrole nitrogens is 1. The molecule has 0 aliphatic heterocycles. The molecule has 1 heterocycles. The standard InChI is InChI=1S/C5H9N3/c1-4(6)5-2-7-8-3-5/h2-4H,6H2,1H3,(H,7,8)/t4-/m0/s1. The highest BCUT2D eigenvalue weighted by atomic mass is 15.1. The minimum absolute atomic E-state index is 0.0914. The summed E-state index contributed by atoms with van der Waals surface area (Å²) in [4.78, 5) is 0. The zero-order chi connectivity index (χ0) is 5.98. The molecule has 1 atom stereocenters. The quantitative estimate of drug-likeness (QED) is 0.552. The van der Waals surface area contributed by atoms with Crippen molar-refractivity contribution in [3.8, 4) is 0 Å². The van der Waals surface area contributed by atoms with Crippen molar-refractivity contribution < 1.29 is 0 Å². The van der Waals surface area contributed by atoms with E-state index in [4.69, 9.17) is 5.73 Å². The van der Waals surface area contributed by atoms with Crippen molar-refractivity contribution in [2.24, 2.45) is 5.73 Å². The van der Waals surface area contributed by atoms with Crippen molar-refractivity contribution in [2.45, 2.75) is 13.0 Å². The van der Waals surface area contributed by atoms with Crippen LogP contribution in [0.1, 0.15) is 18.5 Å². The highest BCUT2D eigenvalue weighted by Gasteiger charge is 1.96. The number of hydrogen-bond acceptors (Lipinski definition) is 2. The van der Waals surface area contributed by atoms with E-state index in [0.717, 1.165) is 5.56 Å². The smallest absolute Gasteiger partial charge is 0.0534 e. The van der Waals surface area contributed by atoms with Gasteiger partial charge in [-0.25, -0.2) is 0 Å². The van der Waals surface area contributed by atoms with E-state index in [1.165, 1.54) is 0 Å². The monoisotopic (exact) mass is 111 g/mol. The number of aromatic amines is 1. The molecule has 0 aromatic carbocycles. The molecule has 0 aliphatic rings. The van der Waals surface area contributed by atoms with Crippen molar-refractivity contribution in [1.82, 2.24) is 10.2 Å². The molecule has 0 radical (unpaired) electrons. The summed E-state index contributed by atoms with van der Waals surface area (Å²) in [6.45, 7) is 1.92. The maximum absolute atomic E-state index is 5.50. The third-order valence-electron chi connectivity index (χ3n) is 1.05. The van der Waals surface area contributed by atoms with Crippen LogP contribution >= 0.6 is 0 Å². The largest absolute Gasteiger partial charge is 0.324 e. The first-order valence-electron chi connectivity index (χ1n) is 2.55. The lowest BCUT2D eigenvalue weighted by Crippen LogP contribution is -2.02. The number of nitrogens with two attached hydrogens (primary N) is 1. The predicted octanol–water partition coefficient (Wildman–Crippen LogP) is 0.429. The normalized spacial score (nSPS) is 13.8. The van der Waals surface area contributed by atoms with Crippen LogP contribution in [0.4, 0.5) is 0 Å². The van der Waals surface area contributed by atoms with Gasteiger partial charge in [-0.1, -0.05) is 0 Å². The fraction of sp³-hybridized carbons (Fsp3) is 0.400. The summed E-state index contributed by atoms with van der Waals surface area (Å²) in [6, 6.07) is 0.0914. The third-order valence-corrected chi connectivity index (χ3v) is 1.05. The van der Waals surface area contributed by atoms with Gasteiger partial charge in [0, 0.05) is 17.8 Å². The summed E-state index contributed by atoms with van der Waals surface area (Å²) in [6.07, 6.45) is 3.52. The topological polar surface area (TPSA) is 54.7 Å². The van der Waals surface area contributed by atoms with E-state index in [0.29, 0.717) is 0 Å². The van der Waals surface area contributed by atoms with Crippen LogP contribution in [0, 0.1) is 0 Å². The van der Waals surface area contributed by atoms with E-state index in [9.17, 15) is 0 Å². The zero-order valence-electron chi connectivity index (χ0n) is 4.76. The Bertz CT molecular complexity index is 143. The molecule has 8 heavy (non-hydrogen) atoms. The molecule has 3 heteroatoms. The second-order valence-electron chi connectivity index (χ2n) is 1.82. The molecule has 3 N–H and O–H groups in total. The van der Waals surface area contributed by atoms with Gasteiger partial charge < -0.3 is 5.73 Å². The Balaban J connectivity index is 2.77. The van der Waals surface area contributed by atoms with Gasteiger partial charge in [-0.15, -0.1) is 0 Å². The highest BCUT2D eigenvalue weighted by Crippen LogP contribution is 2.03. The molecule has 0 saturated carbocycles. The number of aromatic nitrogens is 2. The molecular weight excluding hydrogens is 102 g/mol. The van der Waals surface area contributed by atoms with Gasteiger partial charge in [-0.3, -0.25) is 5.10 Å². The van der Waals surface area contributed by atoms with Crippen LogP contribution in [0.15, 0.2) is 12.4 Å². The molecule has 0 bridgehead atoms. The molecule has 3 nitrogen and oxygen atoms in total. The van der Waals surface area contributed by atoms with Gasteiger partial charge in [0.2, 0.25) is 0 Å². The minimum Gasteiger partial charge on any atom is -0.324 e. The molecular formula is C5H9N3. The van der Waals surface area contributed by atoms with Gasteiger partial charge in [0.25, 0.3) is 0 Å². The van der Waals surface area contributed by atoms with E-state index in [-0.39, 0.29) is 6.04 Å². The maximum Gasteiger partial charge on any atom is 0.0534 e. The van der Waals surface area contributed by atoms with Crippen LogP contribution in [0.3, 0.4) is 0 Å². The number of hydrogen-bond donors (Lipinski definition) is 2. The molecule has 1 rings (SSSR count). The third kappa shape index (κ3) is 0.869. The van der Waals surface area contributed by atoms with Crippen molar-refractivity contribution in [2.75, 3.05) is 0 Å². The second-order valence-corrected chi connectivity index (χ2v) is 1.82. The summed E-state index contributed by atoms with van der Waals surface area (Å²) in [5.74, 6) is 0. The number of rotatable bonds is 1. The van der Waals surface area contributed by atoms with Gasteiger partial charge in [-0.05, 0) is 6.92 Å². The van der Waals surface area contributed by atoms with Crippen molar-refractivity contribution in [3.63, 3.8) is 0 Å². The molecule has 0 amide bonds. The Morgan fingerprint density at radius 1 is 1.88 bits per heavy atom. The van der Waals surface area contributed by atoms with Gasteiger partial charge in [0.05, 0.1) is 6.20 Å². The van der Waals surface area contributed by atoms with Crippen LogP contribution in [-0.2, 0) is 0 Å². The number of nitrogens with one attached hydrogen (secondary N) is 1. The fourth-order valence-corrected chi connectivity index (χ4v) is 0.510. The van der Waals surface area contributed by atoms with E-state index in [1.807, 2.05) is 6.92 Å². The van der Waals surface area contributed by atoms with E-state index < -0.39 is 0 Å². The van der Waals surface area contributed by atoms with Gasteiger partial charge in [0.15, 0.2) is 0 Å². The molecule has 44 valence electrons. The predicted molar refractivity (Wildman–Crippen MR) is 31.2 cm³/mol. The first-order valence-corrected chi connectivity index (χ1v) is 2.55. The molecule has 0 spiro atoms. The average Bonchev–Trinajstić information content (AvgIpc) is 2.12. The molecule has 0 aliphatic carbocycles. The minimum atomic E-state index is 0.0914. The lowest BCUT2D eigenvalue weighted by molar-refractivity contribution is 0.819. The summed E-state index contributed by atoms with van der Waals surface area (Å²) >= 11 is 0. The van der Waals surface area contributed by atoms with Crippen LogP contribution in [0.2, 0.25) is 0 Å². The number of nitrogens with zero attached hydrogens (tertiary/aromatic N) is 1. The first-order chi connectivity index (χ1) is 3.80. The van der Waals surface area contributed by atoms with E-state index >= 15 is 0 Å². The molecule has 0 saturated heterocycles. The van der Waals surface area contributed by atoms with Crippen LogP contribution < -0.4 is 5.73 Å². The van der Waals surface area contributed by atoms with Crippen LogP contribution in [-0.4, -0.2) is 10.2 Å². The van der Waals surface area contributed by atoms with Crippen molar-refractivity contribution in [3.05, 3.63) is 18.0 Å². The molecule has 1 aromatic rings. The SMILES string of the molecule is C[C@H](N)c1cn[nH]c1. The Morgan fingerprint density at radius 2 is 2.62 bits per heavy atom. The zero-order valence-corrected chi connectivity index (χ0v) is 4.76. The van der Waals surface area contributed by atoms with E-state index in [2.05, 4.69) is 10.2 Å². The Kier molecular flexibility index (Phi) is 1.30. The van der Waals surface area contributed by atoms with Crippen LogP contribution in [0.5, 0.6) is 0 Å². The van der Waals surface area contributed by atoms with Crippen molar-refractivity contribution >= 4 is 0 Å². The molecule has 0 fully saturated rings. The first kappa shape index (κ1) is 5.31. The summed E-state index contributed by atoms with van der Waals surface area (Å²) in [7, 11) is 0. The maximum atomic E-state index is 5.50. The second kappa shape index (κ2) is 1.96. The lowest BCUT2D eigenvalue weighted by atomic mass is 10.2. The summed E-state index contributed by atoms with van der Waals surface area (Å²) < 4.78 is 0. The Labute approximate surface area is 47.9 Å². The van der Waals surface area contributed by atoms with Gasteiger partial charge in [0.1, 0.15) is 0 Å². The highest BCUT2D eigenvalue weighted by molar-refractivity contribution is 5.06. The summed E-state index contributed by atoms with van der Waals surface area (Å²) in [5, 5.41) is 6.42. The fourth-order valence-electron chi connectivity index (χ4n) is 0.510. The van der Waals surface area contributed by atoms with Crippen LogP contribution in [0.25, 0.3) is 0 Å². The Hall–Kier alpha value is -0.830. The van der Waals surface area contributed by atoms with Gasteiger partial charge >= 0.3 is 0 Å². The van der Waals surface area contributed by atoms with Gasteiger partial charge in [-0.2, -0.15) is 5.10 Å². The molecule has 1 aromatic heterocycles.